The van der Waals surface area contributed by atoms with Crippen molar-refractivity contribution in [3.63, 3.8) is 0 Å². The lowest BCUT2D eigenvalue weighted by molar-refractivity contribution is 0.104. The van der Waals surface area contributed by atoms with Gasteiger partial charge in [0, 0.05) is 13.1 Å². The van der Waals surface area contributed by atoms with Gasteiger partial charge in [0.2, 0.25) is 0 Å². The van der Waals surface area contributed by atoms with Crippen LogP contribution in [0, 0.1) is 25.2 Å². The Labute approximate surface area is 128 Å². The Morgan fingerprint density at radius 1 is 1.29 bits per heavy atom. The first-order valence-electron chi connectivity index (χ1n) is 8.02. The lowest BCUT2D eigenvalue weighted by atomic mass is 9.92. The molecule has 2 N–H and O–H groups in total. The molecule has 0 amide bonds. The lowest BCUT2D eigenvalue weighted by Crippen LogP contribution is -2.36. The van der Waals surface area contributed by atoms with Crippen molar-refractivity contribution in [2.45, 2.75) is 46.6 Å². The predicted octanol–water partition coefficient (Wildman–Crippen LogP) is 3.07. The van der Waals surface area contributed by atoms with E-state index in [0.717, 1.165) is 17.9 Å². The van der Waals surface area contributed by atoms with Gasteiger partial charge >= 0.3 is 0 Å². The maximum atomic E-state index is 10.0. The molecule has 0 radical (unpaired) electrons. The van der Waals surface area contributed by atoms with Crippen molar-refractivity contribution in [1.29, 1.82) is 0 Å². The van der Waals surface area contributed by atoms with Gasteiger partial charge in [-0.1, -0.05) is 31.5 Å². The van der Waals surface area contributed by atoms with Crippen molar-refractivity contribution in [3.05, 3.63) is 29.3 Å². The zero-order chi connectivity index (χ0) is 15.5. The summed E-state index contributed by atoms with van der Waals surface area (Å²) in [5, 5.41) is 13.4. The van der Waals surface area contributed by atoms with Crippen molar-refractivity contribution >= 4 is 0 Å². The molecule has 2 rings (SSSR count). The molecule has 1 fully saturated rings. The van der Waals surface area contributed by atoms with E-state index in [-0.39, 0.29) is 0 Å². The van der Waals surface area contributed by atoms with Gasteiger partial charge in [0.25, 0.3) is 0 Å². The fourth-order valence-electron chi connectivity index (χ4n) is 2.81. The van der Waals surface area contributed by atoms with E-state index < -0.39 is 6.10 Å². The maximum Gasteiger partial charge on any atom is 0.122 e. The number of ether oxygens (including phenoxy) is 1. The van der Waals surface area contributed by atoms with Crippen LogP contribution < -0.4 is 10.1 Å². The third kappa shape index (κ3) is 4.45. The van der Waals surface area contributed by atoms with Gasteiger partial charge in [-0.25, -0.2) is 0 Å². The Morgan fingerprint density at radius 2 is 2.00 bits per heavy atom. The van der Waals surface area contributed by atoms with Gasteiger partial charge in [0.05, 0.1) is 0 Å². The monoisotopic (exact) mass is 291 g/mol. The largest absolute Gasteiger partial charge is 0.491 e. The van der Waals surface area contributed by atoms with Crippen LogP contribution in [-0.4, -0.2) is 30.9 Å². The number of aryl methyl sites for hydroxylation is 2. The summed E-state index contributed by atoms with van der Waals surface area (Å²) >= 11 is 0. The van der Waals surface area contributed by atoms with Crippen LogP contribution in [0.3, 0.4) is 0 Å². The Hall–Kier alpha value is -1.06. The molecule has 0 spiro atoms. The minimum Gasteiger partial charge on any atom is -0.491 e. The zero-order valence-corrected chi connectivity index (χ0v) is 13.8. The second kappa shape index (κ2) is 6.80. The minimum atomic E-state index is -0.464. The van der Waals surface area contributed by atoms with Gasteiger partial charge in [-0.05, 0) is 49.7 Å². The van der Waals surface area contributed by atoms with Crippen LogP contribution in [0.15, 0.2) is 18.2 Å². The van der Waals surface area contributed by atoms with Crippen LogP contribution in [0.2, 0.25) is 0 Å². The normalized spacial score (nSPS) is 17.8. The molecule has 0 saturated heterocycles. The zero-order valence-electron chi connectivity index (χ0n) is 13.8. The Bertz CT molecular complexity index is 466. The highest BCUT2D eigenvalue weighted by atomic mass is 16.5. The van der Waals surface area contributed by atoms with Gasteiger partial charge in [-0.15, -0.1) is 0 Å². The van der Waals surface area contributed by atoms with Crippen LogP contribution in [0.4, 0.5) is 0 Å². The Kier molecular flexibility index (Phi) is 5.28. The van der Waals surface area contributed by atoms with E-state index in [1.165, 1.54) is 18.4 Å². The van der Waals surface area contributed by atoms with Crippen molar-refractivity contribution in [2.75, 3.05) is 19.7 Å². The average molecular weight is 291 g/mol. The first kappa shape index (κ1) is 16.3. The molecular weight excluding hydrogens is 262 g/mol. The third-order valence-corrected chi connectivity index (χ3v) is 4.74. The lowest BCUT2D eigenvalue weighted by Gasteiger charge is -2.21. The standard InChI is InChI=1S/C18H29NO2/c1-13(2)18(7-8-18)12-19-10-16(20)11-21-17-6-5-14(3)9-15(17)4/h5-6,9,13,16,19-20H,7-8,10-12H2,1-4H3. The first-order valence-corrected chi connectivity index (χ1v) is 8.02. The second-order valence-corrected chi connectivity index (χ2v) is 6.88. The SMILES string of the molecule is Cc1ccc(OCC(O)CNCC2(C(C)C)CC2)c(C)c1. The molecule has 0 aromatic heterocycles. The fourth-order valence-corrected chi connectivity index (χ4v) is 2.81. The topological polar surface area (TPSA) is 41.5 Å². The molecule has 0 heterocycles. The number of aliphatic hydroxyl groups excluding tert-OH is 1. The number of nitrogens with one attached hydrogen (secondary N) is 1. The van der Waals surface area contributed by atoms with Crippen molar-refractivity contribution in [1.82, 2.24) is 5.32 Å². The van der Waals surface area contributed by atoms with Crippen LogP contribution in [0.1, 0.15) is 37.8 Å². The maximum absolute atomic E-state index is 10.0. The number of aliphatic hydroxyl groups is 1. The molecular formula is C18H29NO2. The summed E-state index contributed by atoms with van der Waals surface area (Å²) in [4.78, 5) is 0. The highest BCUT2D eigenvalue weighted by Gasteiger charge is 2.44. The third-order valence-electron chi connectivity index (χ3n) is 4.74. The molecule has 21 heavy (non-hydrogen) atoms. The summed E-state index contributed by atoms with van der Waals surface area (Å²) in [6, 6.07) is 6.11. The fraction of sp³-hybridized carbons (Fsp3) is 0.667. The molecule has 3 heteroatoms. The first-order chi connectivity index (χ1) is 9.93. The average Bonchev–Trinajstić information content (AvgIpc) is 3.19. The quantitative estimate of drug-likeness (QED) is 0.773. The molecule has 1 saturated carbocycles. The van der Waals surface area contributed by atoms with E-state index in [2.05, 4.69) is 32.2 Å². The number of hydrogen-bond donors (Lipinski definition) is 2. The van der Waals surface area contributed by atoms with E-state index >= 15 is 0 Å². The summed E-state index contributed by atoms with van der Waals surface area (Å²) in [5.74, 6) is 1.58. The second-order valence-electron chi connectivity index (χ2n) is 6.88. The highest BCUT2D eigenvalue weighted by Crippen LogP contribution is 2.51. The predicted molar refractivity (Wildman–Crippen MR) is 86.8 cm³/mol. The molecule has 3 nitrogen and oxygen atoms in total. The highest BCUT2D eigenvalue weighted by molar-refractivity contribution is 5.35. The molecule has 1 aliphatic rings. The molecule has 1 atom stereocenters. The smallest absolute Gasteiger partial charge is 0.122 e. The van der Waals surface area contributed by atoms with Gasteiger partial charge in [0.1, 0.15) is 18.5 Å². The number of benzene rings is 1. The van der Waals surface area contributed by atoms with Crippen LogP contribution >= 0.6 is 0 Å². The molecule has 0 aliphatic heterocycles. The van der Waals surface area contributed by atoms with E-state index in [1.54, 1.807) is 0 Å². The molecule has 1 aliphatic carbocycles. The molecule has 1 aromatic carbocycles. The van der Waals surface area contributed by atoms with Gasteiger partial charge in [-0.3, -0.25) is 0 Å². The van der Waals surface area contributed by atoms with Gasteiger partial charge in [0.15, 0.2) is 0 Å². The van der Waals surface area contributed by atoms with Crippen LogP contribution in [-0.2, 0) is 0 Å². The molecule has 0 bridgehead atoms. The molecule has 118 valence electrons. The molecule has 1 aromatic rings. The summed E-state index contributed by atoms with van der Waals surface area (Å²) in [6.45, 7) is 10.6. The van der Waals surface area contributed by atoms with Crippen LogP contribution in [0.25, 0.3) is 0 Å². The van der Waals surface area contributed by atoms with E-state index in [9.17, 15) is 5.11 Å². The number of hydrogen-bond acceptors (Lipinski definition) is 3. The summed E-state index contributed by atoms with van der Waals surface area (Å²) in [7, 11) is 0. The van der Waals surface area contributed by atoms with Crippen molar-refractivity contribution in [2.24, 2.45) is 11.3 Å². The Morgan fingerprint density at radius 3 is 2.57 bits per heavy atom. The van der Waals surface area contributed by atoms with E-state index in [0.29, 0.717) is 24.5 Å². The van der Waals surface area contributed by atoms with Crippen LogP contribution in [0.5, 0.6) is 5.75 Å². The van der Waals surface area contributed by atoms with E-state index in [1.807, 2.05) is 19.1 Å². The minimum absolute atomic E-state index is 0.339. The summed E-state index contributed by atoms with van der Waals surface area (Å²) in [5.41, 5.74) is 2.83. The van der Waals surface area contributed by atoms with Crippen molar-refractivity contribution < 1.29 is 9.84 Å². The van der Waals surface area contributed by atoms with Gasteiger partial charge < -0.3 is 15.2 Å². The van der Waals surface area contributed by atoms with E-state index in [4.69, 9.17) is 4.74 Å². The van der Waals surface area contributed by atoms with Gasteiger partial charge in [-0.2, -0.15) is 0 Å². The Balaban J connectivity index is 1.69. The number of rotatable bonds is 8. The summed E-state index contributed by atoms with van der Waals surface area (Å²) < 4.78 is 5.71. The summed E-state index contributed by atoms with van der Waals surface area (Å²) in [6.07, 6.45) is 2.16. The molecule has 1 unspecified atom stereocenters. The van der Waals surface area contributed by atoms with Crippen molar-refractivity contribution in [3.8, 4) is 5.75 Å².